The van der Waals surface area contributed by atoms with E-state index in [1.807, 2.05) is 0 Å². The molecule has 1 aliphatic rings. The number of alkyl halides is 3. The number of hydrogen-bond acceptors (Lipinski definition) is 7. The van der Waals surface area contributed by atoms with Crippen LogP contribution in [-0.4, -0.2) is 50.6 Å². The predicted octanol–water partition coefficient (Wildman–Crippen LogP) is 4.84. The number of para-hydroxylation sites is 1. The van der Waals surface area contributed by atoms with Crippen LogP contribution in [0, 0.1) is 0 Å². The van der Waals surface area contributed by atoms with Gasteiger partial charge in [0.05, 0.1) is 17.0 Å². The van der Waals surface area contributed by atoms with E-state index in [0.29, 0.717) is 15.6 Å². The van der Waals surface area contributed by atoms with Crippen molar-refractivity contribution >= 4 is 45.6 Å². The molecule has 1 amide bonds. The van der Waals surface area contributed by atoms with Gasteiger partial charge in [-0.15, -0.1) is 10.2 Å². The molecule has 0 unspecified atom stereocenters. The summed E-state index contributed by atoms with van der Waals surface area (Å²) in [7, 11) is 0. The first-order valence-electron chi connectivity index (χ1n) is 9.72. The van der Waals surface area contributed by atoms with E-state index in [1.54, 1.807) is 11.0 Å². The second kappa shape index (κ2) is 9.33. The van der Waals surface area contributed by atoms with Crippen molar-refractivity contribution in [1.29, 1.82) is 0 Å². The fraction of sp³-hybridized carbons (Fsp3) is 0.300. The number of likely N-dealkylation sites (tertiary alicyclic amines) is 1. The van der Waals surface area contributed by atoms with Crippen LogP contribution in [0.25, 0.3) is 0 Å². The number of aromatic amines is 1. The normalized spacial score (nSPS) is 14.0. The summed E-state index contributed by atoms with van der Waals surface area (Å²) in [6.07, 6.45) is -1.03. The van der Waals surface area contributed by atoms with E-state index in [9.17, 15) is 22.8 Å². The zero-order valence-electron chi connectivity index (χ0n) is 16.6. The van der Waals surface area contributed by atoms with Crippen molar-refractivity contribution in [3.8, 4) is 0 Å². The third-order valence-corrected chi connectivity index (χ3v) is 6.81. The van der Waals surface area contributed by atoms with Gasteiger partial charge in [0, 0.05) is 24.8 Å². The molecule has 0 radical (unpaired) electrons. The van der Waals surface area contributed by atoms with Gasteiger partial charge in [0.25, 0.3) is 5.91 Å². The molecule has 0 saturated carbocycles. The number of anilines is 2. The molecule has 0 bridgehead atoms. The number of H-pyrrole nitrogens is 1. The quantitative estimate of drug-likeness (QED) is 0.371. The van der Waals surface area contributed by atoms with Crippen LogP contribution in [0.1, 0.15) is 39.3 Å². The molecule has 0 aliphatic carbocycles. The van der Waals surface area contributed by atoms with Crippen LogP contribution >= 0.6 is 23.1 Å². The Morgan fingerprint density at radius 2 is 1.94 bits per heavy atom. The Balaban J connectivity index is 1.35. The molecule has 12 heteroatoms. The van der Waals surface area contributed by atoms with E-state index in [0.717, 1.165) is 55.1 Å². The van der Waals surface area contributed by atoms with Crippen LogP contribution in [0.15, 0.2) is 40.9 Å². The summed E-state index contributed by atoms with van der Waals surface area (Å²) in [5, 5.41) is 10.6. The molecule has 168 valence electrons. The maximum absolute atomic E-state index is 13.1. The number of Topliss-reactive ketones (excluding diaryl/α,β-unsaturated/α-hetero) is 1. The molecule has 1 saturated heterocycles. The molecule has 3 aromatic rings. The van der Waals surface area contributed by atoms with Crippen LogP contribution in [-0.2, 0) is 6.18 Å². The minimum atomic E-state index is -4.50. The van der Waals surface area contributed by atoms with E-state index < -0.39 is 11.7 Å². The molecule has 0 spiro atoms. The van der Waals surface area contributed by atoms with Crippen LogP contribution in [0.3, 0.4) is 0 Å². The van der Waals surface area contributed by atoms with Crippen molar-refractivity contribution in [1.82, 2.24) is 20.1 Å². The zero-order chi connectivity index (χ0) is 22.7. The van der Waals surface area contributed by atoms with Crippen LogP contribution < -0.4 is 5.32 Å². The van der Waals surface area contributed by atoms with E-state index in [1.165, 1.54) is 24.4 Å². The molecule has 32 heavy (non-hydrogen) atoms. The van der Waals surface area contributed by atoms with Gasteiger partial charge in [-0.25, -0.2) is 0 Å². The number of benzene rings is 1. The first-order valence-corrected chi connectivity index (χ1v) is 11.5. The summed E-state index contributed by atoms with van der Waals surface area (Å²) in [5.74, 6) is -0.254. The van der Waals surface area contributed by atoms with Gasteiger partial charge in [-0.3, -0.25) is 9.59 Å². The largest absolute Gasteiger partial charge is 0.418 e. The van der Waals surface area contributed by atoms with E-state index in [4.69, 9.17) is 0 Å². The molecule has 3 heterocycles. The molecule has 1 fully saturated rings. The van der Waals surface area contributed by atoms with Gasteiger partial charge < -0.3 is 15.2 Å². The average Bonchev–Trinajstić information content (AvgIpc) is 3.53. The maximum Gasteiger partial charge on any atom is 0.418 e. The Hall–Kier alpha value is -2.86. The van der Waals surface area contributed by atoms with Crippen LogP contribution in [0.5, 0.6) is 0 Å². The highest BCUT2D eigenvalue weighted by atomic mass is 32.2. The van der Waals surface area contributed by atoms with Crippen molar-refractivity contribution < 1.29 is 22.8 Å². The lowest BCUT2D eigenvalue weighted by Crippen LogP contribution is -2.27. The van der Waals surface area contributed by atoms with Crippen molar-refractivity contribution in [3.63, 3.8) is 0 Å². The standard InChI is InChI=1S/C20H18F3N5O2S2/c21-20(22,23)13-5-1-2-6-14(13)25-18-26-27-19(32-18)31-11-16(29)12-9-15(24-10-12)17(30)28-7-3-4-8-28/h1-2,5-6,9-10,24H,3-4,7-8,11H2,(H,25,26). The predicted molar refractivity (Wildman–Crippen MR) is 116 cm³/mol. The van der Waals surface area contributed by atoms with E-state index in [2.05, 4.69) is 20.5 Å². The molecule has 4 rings (SSSR count). The van der Waals surface area contributed by atoms with Gasteiger partial charge in [-0.2, -0.15) is 13.2 Å². The number of nitrogens with one attached hydrogen (secondary N) is 2. The highest BCUT2D eigenvalue weighted by Gasteiger charge is 2.33. The summed E-state index contributed by atoms with van der Waals surface area (Å²) < 4.78 is 39.8. The number of amides is 1. The van der Waals surface area contributed by atoms with Gasteiger partial charge in [0.2, 0.25) is 5.13 Å². The third-order valence-electron chi connectivity index (χ3n) is 4.84. The lowest BCUT2D eigenvalue weighted by Gasteiger charge is -2.13. The molecule has 0 atom stereocenters. The SMILES string of the molecule is O=C(CSc1nnc(Nc2ccccc2C(F)(F)F)s1)c1c[nH]c(C(=O)N2CCCC2)c1. The minimum absolute atomic E-state index is 0.0585. The average molecular weight is 482 g/mol. The number of ketones is 1. The summed E-state index contributed by atoms with van der Waals surface area (Å²) >= 11 is 2.18. The summed E-state index contributed by atoms with van der Waals surface area (Å²) in [6, 6.07) is 6.65. The van der Waals surface area contributed by atoms with Crippen molar-refractivity contribution in [2.75, 3.05) is 24.2 Å². The summed E-state index contributed by atoms with van der Waals surface area (Å²) in [4.78, 5) is 29.5. The lowest BCUT2D eigenvalue weighted by molar-refractivity contribution is -0.136. The van der Waals surface area contributed by atoms with E-state index in [-0.39, 0.29) is 28.3 Å². The molecular weight excluding hydrogens is 463 g/mol. The molecule has 2 N–H and O–H groups in total. The van der Waals surface area contributed by atoms with Gasteiger partial charge in [-0.1, -0.05) is 35.2 Å². The van der Waals surface area contributed by atoms with Crippen LogP contribution in [0.2, 0.25) is 0 Å². The Morgan fingerprint density at radius 3 is 2.69 bits per heavy atom. The van der Waals surface area contributed by atoms with Crippen molar-refractivity contribution in [3.05, 3.63) is 53.3 Å². The first kappa shape index (κ1) is 22.3. The topological polar surface area (TPSA) is 91.0 Å². The number of carbonyl (C=O) groups excluding carboxylic acids is 2. The van der Waals surface area contributed by atoms with Gasteiger partial charge >= 0.3 is 6.18 Å². The third kappa shape index (κ3) is 5.13. The van der Waals surface area contributed by atoms with Gasteiger partial charge in [-0.05, 0) is 31.0 Å². The highest BCUT2D eigenvalue weighted by Crippen LogP contribution is 2.37. The number of thioether (sulfide) groups is 1. The van der Waals surface area contributed by atoms with E-state index >= 15 is 0 Å². The number of nitrogens with zero attached hydrogens (tertiary/aromatic N) is 3. The number of hydrogen-bond donors (Lipinski definition) is 2. The second-order valence-electron chi connectivity index (χ2n) is 7.05. The number of rotatable bonds is 7. The first-order chi connectivity index (χ1) is 15.3. The second-order valence-corrected chi connectivity index (χ2v) is 9.25. The molecule has 1 aliphatic heterocycles. The molecule has 7 nitrogen and oxygen atoms in total. The Bertz CT molecular complexity index is 1120. The van der Waals surface area contributed by atoms with Crippen LogP contribution in [0.4, 0.5) is 24.0 Å². The Kier molecular flexibility index (Phi) is 6.51. The Morgan fingerprint density at radius 1 is 1.19 bits per heavy atom. The van der Waals surface area contributed by atoms with Gasteiger partial charge in [0.1, 0.15) is 5.69 Å². The lowest BCUT2D eigenvalue weighted by atomic mass is 10.2. The number of carbonyl (C=O) groups is 2. The molecule has 1 aromatic carbocycles. The van der Waals surface area contributed by atoms with Gasteiger partial charge in [0.15, 0.2) is 10.1 Å². The van der Waals surface area contributed by atoms with Crippen molar-refractivity contribution in [2.24, 2.45) is 0 Å². The molecule has 2 aromatic heterocycles. The monoisotopic (exact) mass is 481 g/mol. The summed E-state index contributed by atoms with van der Waals surface area (Å²) in [5.41, 5.74) is -0.148. The fourth-order valence-corrected chi connectivity index (χ4v) is 4.91. The fourth-order valence-electron chi connectivity index (χ4n) is 3.25. The smallest absolute Gasteiger partial charge is 0.356 e. The highest BCUT2D eigenvalue weighted by molar-refractivity contribution is 8.01. The maximum atomic E-state index is 13.1. The number of halogens is 3. The summed E-state index contributed by atoms with van der Waals surface area (Å²) in [6.45, 7) is 1.44. The van der Waals surface area contributed by atoms with Crippen molar-refractivity contribution in [2.45, 2.75) is 23.4 Å². The zero-order valence-corrected chi connectivity index (χ0v) is 18.2. The number of aromatic nitrogens is 3. The minimum Gasteiger partial charge on any atom is -0.356 e. The molecular formula is C20H18F3N5O2S2. The Labute approximate surface area is 189 Å².